The van der Waals surface area contributed by atoms with Crippen LogP contribution in [0.2, 0.25) is 0 Å². The summed E-state index contributed by atoms with van der Waals surface area (Å²) in [6.45, 7) is 0. The lowest BCUT2D eigenvalue weighted by Crippen LogP contribution is -1.94. The summed E-state index contributed by atoms with van der Waals surface area (Å²) in [5.41, 5.74) is -0.290. The van der Waals surface area contributed by atoms with E-state index in [9.17, 15) is 10.1 Å². The Kier molecular flexibility index (Phi) is 2.35. The van der Waals surface area contributed by atoms with Gasteiger partial charge in [0.05, 0.1) is 4.92 Å². The average molecular weight is 228 g/mol. The maximum atomic E-state index is 10.3. The molecule has 1 heterocycles. The van der Waals surface area contributed by atoms with Gasteiger partial charge in [0.1, 0.15) is 10.7 Å². The summed E-state index contributed by atoms with van der Waals surface area (Å²) < 4.78 is 0.194. The largest absolute Gasteiger partial charge is 0.291 e. The summed E-state index contributed by atoms with van der Waals surface area (Å²) in [5.74, 6) is 0. The van der Waals surface area contributed by atoms with Crippen LogP contribution in [0.5, 0.6) is 0 Å². The highest BCUT2D eigenvalue weighted by molar-refractivity contribution is 9.10. The fraction of sp³-hybridized carbons (Fsp3) is 0. The first-order valence-electron chi connectivity index (χ1n) is 2.86. The van der Waals surface area contributed by atoms with Crippen molar-refractivity contribution >= 4 is 21.6 Å². The van der Waals surface area contributed by atoms with Crippen molar-refractivity contribution in [2.75, 3.05) is 0 Å². The average Bonchev–Trinajstić information content (AvgIpc) is 2.03. The number of rotatable bonds is 1. The van der Waals surface area contributed by atoms with Crippen molar-refractivity contribution < 1.29 is 4.92 Å². The first kappa shape index (κ1) is 8.62. The number of pyridine rings is 1. The lowest BCUT2D eigenvalue weighted by Gasteiger charge is -1.94. The maximum Gasteiger partial charge on any atom is 0.291 e. The van der Waals surface area contributed by atoms with E-state index in [4.69, 9.17) is 5.26 Å². The first-order chi connectivity index (χ1) is 5.66. The molecule has 0 N–H and O–H groups in total. The number of nitrogens with zero attached hydrogens (tertiary/aromatic N) is 3. The van der Waals surface area contributed by atoms with E-state index < -0.39 is 4.92 Å². The second kappa shape index (κ2) is 3.28. The molecular weight excluding hydrogens is 226 g/mol. The van der Waals surface area contributed by atoms with Gasteiger partial charge in [-0.2, -0.15) is 5.26 Å². The van der Waals surface area contributed by atoms with E-state index in [1.807, 2.05) is 0 Å². The monoisotopic (exact) mass is 227 g/mol. The second-order valence-corrected chi connectivity index (χ2v) is 2.62. The predicted molar refractivity (Wildman–Crippen MR) is 43.3 cm³/mol. The van der Waals surface area contributed by atoms with Gasteiger partial charge >= 0.3 is 0 Å². The summed E-state index contributed by atoms with van der Waals surface area (Å²) in [7, 11) is 0. The highest BCUT2D eigenvalue weighted by atomic mass is 79.9. The fourth-order valence-electron chi connectivity index (χ4n) is 0.682. The van der Waals surface area contributed by atoms with Crippen LogP contribution in [-0.4, -0.2) is 9.91 Å². The minimum absolute atomic E-state index is 0.0532. The van der Waals surface area contributed by atoms with Crippen LogP contribution in [0.25, 0.3) is 0 Å². The Labute approximate surface area is 75.9 Å². The lowest BCUT2D eigenvalue weighted by atomic mass is 10.3. The topological polar surface area (TPSA) is 79.8 Å². The SMILES string of the molecule is N#Cc1c([N+](=O)[O-])ccnc1Br. The number of halogens is 1. The zero-order valence-electron chi connectivity index (χ0n) is 5.69. The molecular formula is C6H2BrN3O2. The van der Waals surface area contributed by atoms with E-state index in [0.29, 0.717) is 0 Å². The van der Waals surface area contributed by atoms with E-state index in [2.05, 4.69) is 20.9 Å². The van der Waals surface area contributed by atoms with Crippen LogP contribution in [0.1, 0.15) is 5.56 Å². The van der Waals surface area contributed by atoms with E-state index >= 15 is 0 Å². The molecule has 0 saturated carbocycles. The highest BCUT2D eigenvalue weighted by Gasteiger charge is 2.16. The van der Waals surface area contributed by atoms with Crippen molar-refractivity contribution in [2.24, 2.45) is 0 Å². The summed E-state index contributed by atoms with van der Waals surface area (Å²) >= 11 is 2.94. The molecule has 0 unspecified atom stereocenters. The molecule has 0 radical (unpaired) electrons. The number of hydrogen-bond acceptors (Lipinski definition) is 4. The van der Waals surface area contributed by atoms with Gasteiger partial charge in [0.2, 0.25) is 0 Å². The van der Waals surface area contributed by atoms with Crippen molar-refractivity contribution in [2.45, 2.75) is 0 Å². The van der Waals surface area contributed by atoms with Crippen LogP contribution in [0, 0.1) is 21.4 Å². The maximum absolute atomic E-state index is 10.3. The lowest BCUT2D eigenvalue weighted by molar-refractivity contribution is -0.385. The van der Waals surface area contributed by atoms with Gasteiger partial charge in [0.15, 0.2) is 5.56 Å². The Balaban J connectivity index is 3.40. The van der Waals surface area contributed by atoms with Crippen molar-refractivity contribution in [3.63, 3.8) is 0 Å². The third-order valence-corrected chi connectivity index (χ3v) is 1.79. The third kappa shape index (κ3) is 1.40. The van der Waals surface area contributed by atoms with Crippen molar-refractivity contribution in [1.82, 2.24) is 4.98 Å². The molecule has 0 saturated heterocycles. The molecule has 0 aliphatic carbocycles. The predicted octanol–water partition coefficient (Wildman–Crippen LogP) is 1.62. The van der Waals surface area contributed by atoms with Gasteiger partial charge in [-0.15, -0.1) is 0 Å². The van der Waals surface area contributed by atoms with Crippen molar-refractivity contribution in [3.8, 4) is 6.07 Å². The quantitative estimate of drug-likeness (QED) is 0.415. The van der Waals surface area contributed by atoms with Crippen LogP contribution in [0.4, 0.5) is 5.69 Å². The molecule has 0 fully saturated rings. The summed E-state index contributed by atoms with van der Waals surface area (Å²) in [5, 5.41) is 18.9. The Morgan fingerprint density at radius 1 is 1.75 bits per heavy atom. The number of hydrogen-bond donors (Lipinski definition) is 0. The Morgan fingerprint density at radius 2 is 2.42 bits per heavy atom. The van der Waals surface area contributed by atoms with Gasteiger partial charge in [-0.05, 0) is 15.9 Å². The second-order valence-electron chi connectivity index (χ2n) is 1.86. The van der Waals surface area contributed by atoms with E-state index in [-0.39, 0.29) is 15.9 Å². The Bertz CT molecular complexity index is 372. The molecule has 1 aromatic heterocycles. The molecule has 0 atom stereocenters. The normalized spacial score (nSPS) is 9.00. The molecule has 5 nitrogen and oxygen atoms in total. The Hall–Kier alpha value is -1.48. The minimum atomic E-state index is -0.620. The molecule has 6 heteroatoms. The molecule has 1 rings (SSSR count). The molecule has 0 bridgehead atoms. The number of nitro groups is 1. The van der Waals surface area contributed by atoms with Crippen molar-refractivity contribution in [1.29, 1.82) is 5.26 Å². The fourth-order valence-corrected chi connectivity index (χ4v) is 1.09. The van der Waals surface area contributed by atoms with Gasteiger partial charge in [-0.25, -0.2) is 4.98 Å². The highest BCUT2D eigenvalue weighted by Crippen LogP contribution is 2.22. The number of aromatic nitrogens is 1. The summed E-state index contributed by atoms with van der Waals surface area (Å²) in [4.78, 5) is 13.4. The molecule has 60 valence electrons. The molecule has 0 aliphatic heterocycles. The standard InChI is InChI=1S/C6H2BrN3O2/c7-6-4(3-8)5(10(11)12)1-2-9-6/h1-2H. The molecule has 0 aliphatic rings. The van der Waals surface area contributed by atoms with Gasteiger partial charge in [-0.1, -0.05) is 0 Å². The molecule has 0 spiro atoms. The van der Waals surface area contributed by atoms with Gasteiger partial charge in [0.25, 0.3) is 5.69 Å². The molecule has 1 aromatic rings. The van der Waals surface area contributed by atoms with Gasteiger partial charge in [-0.3, -0.25) is 10.1 Å². The zero-order valence-corrected chi connectivity index (χ0v) is 7.28. The van der Waals surface area contributed by atoms with Crippen LogP contribution >= 0.6 is 15.9 Å². The molecule has 12 heavy (non-hydrogen) atoms. The smallest absolute Gasteiger partial charge is 0.258 e. The van der Waals surface area contributed by atoms with Crippen LogP contribution < -0.4 is 0 Å². The Morgan fingerprint density at radius 3 is 2.83 bits per heavy atom. The van der Waals surface area contributed by atoms with E-state index in [0.717, 1.165) is 0 Å². The van der Waals surface area contributed by atoms with E-state index in [1.165, 1.54) is 12.3 Å². The molecule has 0 amide bonds. The minimum Gasteiger partial charge on any atom is -0.258 e. The van der Waals surface area contributed by atoms with Crippen molar-refractivity contribution in [3.05, 3.63) is 32.5 Å². The van der Waals surface area contributed by atoms with Gasteiger partial charge in [0, 0.05) is 12.3 Å². The summed E-state index contributed by atoms with van der Waals surface area (Å²) in [6, 6.07) is 2.88. The van der Waals surface area contributed by atoms with Crippen LogP contribution in [0.3, 0.4) is 0 Å². The third-order valence-electron chi connectivity index (χ3n) is 1.19. The van der Waals surface area contributed by atoms with E-state index in [1.54, 1.807) is 6.07 Å². The summed E-state index contributed by atoms with van der Waals surface area (Å²) in [6.07, 6.45) is 1.27. The van der Waals surface area contributed by atoms with Crippen LogP contribution in [-0.2, 0) is 0 Å². The molecule has 0 aromatic carbocycles. The number of nitriles is 1. The zero-order chi connectivity index (χ0) is 9.14. The first-order valence-corrected chi connectivity index (χ1v) is 3.65. The van der Waals surface area contributed by atoms with Gasteiger partial charge < -0.3 is 0 Å². The van der Waals surface area contributed by atoms with Crippen LogP contribution in [0.15, 0.2) is 16.9 Å².